The molecule has 26 heavy (non-hydrogen) atoms. The van der Waals surface area contributed by atoms with Crippen LogP contribution in [0.3, 0.4) is 0 Å². The van der Waals surface area contributed by atoms with E-state index in [1.807, 2.05) is 35.2 Å². The van der Waals surface area contributed by atoms with Gasteiger partial charge in [-0.15, -0.1) is 0 Å². The minimum Gasteiger partial charge on any atom is -0.353 e. The molecule has 1 aliphatic heterocycles. The zero-order valence-electron chi connectivity index (χ0n) is 14.8. The summed E-state index contributed by atoms with van der Waals surface area (Å²) in [4.78, 5) is 26.7. The minimum absolute atomic E-state index is 0.0310. The Morgan fingerprint density at radius 2 is 1.77 bits per heavy atom. The molecule has 1 aliphatic rings. The first-order valence-corrected chi connectivity index (χ1v) is 8.95. The summed E-state index contributed by atoms with van der Waals surface area (Å²) in [5.41, 5.74) is 1.36. The number of benzene rings is 2. The predicted molar refractivity (Wildman–Crippen MR) is 98.3 cm³/mol. The van der Waals surface area contributed by atoms with Gasteiger partial charge in [0.1, 0.15) is 5.82 Å². The van der Waals surface area contributed by atoms with E-state index in [4.69, 9.17) is 0 Å². The zero-order valence-corrected chi connectivity index (χ0v) is 14.8. The summed E-state index contributed by atoms with van der Waals surface area (Å²) < 4.78 is 13.3. The van der Waals surface area contributed by atoms with Crippen molar-refractivity contribution in [2.24, 2.45) is 0 Å². The molecule has 2 aromatic carbocycles. The Morgan fingerprint density at radius 3 is 2.42 bits per heavy atom. The minimum atomic E-state index is -0.408. The van der Waals surface area contributed by atoms with Crippen molar-refractivity contribution >= 4 is 11.8 Å². The normalized spacial score (nSPS) is 16.2. The van der Waals surface area contributed by atoms with Crippen LogP contribution in [0.2, 0.25) is 0 Å². The third-order valence-corrected chi connectivity index (χ3v) is 4.89. The van der Waals surface area contributed by atoms with Crippen LogP contribution in [-0.2, 0) is 4.79 Å². The van der Waals surface area contributed by atoms with Crippen LogP contribution < -0.4 is 5.32 Å². The van der Waals surface area contributed by atoms with Gasteiger partial charge >= 0.3 is 0 Å². The number of carbonyl (C=O) groups is 2. The number of likely N-dealkylation sites (tertiary alicyclic amines) is 1. The molecule has 136 valence electrons. The van der Waals surface area contributed by atoms with Crippen LogP contribution in [0.1, 0.15) is 41.6 Å². The quantitative estimate of drug-likeness (QED) is 0.915. The van der Waals surface area contributed by atoms with Crippen molar-refractivity contribution < 1.29 is 14.0 Å². The third kappa shape index (κ3) is 4.28. The van der Waals surface area contributed by atoms with Gasteiger partial charge in [0.05, 0.1) is 5.92 Å². The molecule has 5 heteroatoms. The van der Waals surface area contributed by atoms with E-state index in [1.165, 1.54) is 12.1 Å². The largest absolute Gasteiger partial charge is 0.353 e. The lowest BCUT2D eigenvalue weighted by Crippen LogP contribution is -2.47. The van der Waals surface area contributed by atoms with Gasteiger partial charge in [-0.25, -0.2) is 4.39 Å². The van der Waals surface area contributed by atoms with Crippen LogP contribution in [0.4, 0.5) is 4.39 Å². The number of nitrogens with one attached hydrogen (secondary N) is 1. The Balaban J connectivity index is 1.52. The Morgan fingerprint density at radius 1 is 1.08 bits per heavy atom. The Kier molecular flexibility index (Phi) is 5.66. The maximum atomic E-state index is 13.3. The SMILES string of the molecule is CC(C(=O)NC1CCN(C(=O)c2ccccc2)CC1)c1cccc(F)c1. The number of hydrogen-bond acceptors (Lipinski definition) is 2. The molecule has 1 unspecified atom stereocenters. The number of halogens is 1. The molecule has 0 spiro atoms. The number of hydrogen-bond donors (Lipinski definition) is 1. The maximum Gasteiger partial charge on any atom is 0.253 e. The maximum absolute atomic E-state index is 13.3. The standard InChI is InChI=1S/C21H23FN2O2/c1-15(17-8-5-9-18(22)14-17)20(25)23-19-10-12-24(13-11-19)21(26)16-6-3-2-4-7-16/h2-9,14-15,19H,10-13H2,1H3,(H,23,25). The average molecular weight is 354 g/mol. The second-order valence-electron chi connectivity index (χ2n) is 6.72. The average Bonchev–Trinajstić information content (AvgIpc) is 2.68. The van der Waals surface area contributed by atoms with Gasteiger partial charge in [-0.1, -0.05) is 30.3 Å². The highest BCUT2D eigenvalue weighted by atomic mass is 19.1. The van der Waals surface area contributed by atoms with E-state index in [0.717, 1.165) is 12.8 Å². The molecule has 1 heterocycles. The fraction of sp³-hybridized carbons (Fsp3) is 0.333. The summed E-state index contributed by atoms with van der Waals surface area (Å²) in [6.07, 6.45) is 1.44. The molecular weight excluding hydrogens is 331 g/mol. The summed E-state index contributed by atoms with van der Waals surface area (Å²) in [5, 5.41) is 3.04. The van der Waals surface area contributed by atoms with E-state index in [1.54, 1.807) is 19.1 Å². The third-order valence-electron chi connectivity index (χ3n) is 4.89. The van der Waals surface area contributed by atoms with Crippen LogP contribution in [0.15, 0.2) is 54.6 Å². The topological polar surface area (TPSA) is 49.4 Å². The first-order chi connectivity index (χ1) is 12.5. The molecule has 2 aromatic rings. The van der Waals surface area contributed by atoms with E-state index < -0.39 is 5.92 Å². The molecule has 4 nitrogen and oxygen atoms in total. The monoisotopic (exact) mass is 354 g/mol. The lowest BCUT2D eigenvalue weighted by atomic mass is 9.98. The Labute approximate surface area is 153 Å². The van der Waals surface area contributed by atoms with E-state index in [2.05, 4.69) is 5.32 Å². The molecule has 0 saturated carbocycles. The zero-order chi connectivity index (χ0) is 18.5. The highest BCUT2D eigenvalue weighted by Crippen LogP contribution is 2.19. The summed E-state index contributed by atoms with van der Waals surface area (Å²) in [6, 6.07) is 15.4. The molecule has 0 bridgehead atoms. The second kappa shape index (κ2) is 8.13. The van der Waals surface area contributed by atoms with Gasteiger partial charge in [0.15, 0.2) is 0 Å². The van der Waals surface area contributed by atoms with E-state index >= 15 is 0 Å². The molecular formula is C21H23FN2O2. The van der Waals surface area contributed by atoms with Gasteiger partial charge in [-0.2, -0.15) is 0 Å². The number of amides is 2. The first kappa shape index (κ1) is 18.1. The van der Waals surface area contributed by atoms with Crippen LogP contribution in [0.5, 0.6) is 0 Å². The number of nitrogens with zero attached hydrogens (tertiary/aromatic N) is 1. The van der Waals surface area contributed by atoms with E-state index in [0.29, 0.717) is 24.2 Å². The number of carbonyl (C=O) groups excluding carboxylic acids is 2. The molecule has 0 radical (unpaired) electrons. The Hall–Kier alpha value is -2.69. The fourth-order valence-corrected chi connectivity index (χ4v) is 3.24. The fourth-order valence-electron chi connectivity index (χ4n) is 3.24. The lowest BCUT2D eigenvalue weighted by molar-refractivity contribution is -0.123. The van der Waals surface area contributed by atoms with Crippen molar-refractivity contribution in [2.45, 2.75) is 31.7 Å². The first-order valence-electron chi connectivity index (χ1n) is 8.95. The Bertz CT molecular complexity index is 771. The second-order valence-corrected chi connectivity index (χ2v) is 6.72. The van der Waals surface area contributed by atoms with E-state index in [-0.39, 0.29) is 23.7 Å². The molecule has 1 fully saturated rings. The molecule has 0 aliphatic carbocycles. The number of piperidine rings is 1. The van der Waals surface area contributed by atoms with E-state index in [9.17, 15) is 14.0 Å². The summed E-state index contributed by atoms with van der Waals surface area (Å²) in [5.74, 6) is -0.823. The van der Waals surface area contributed by atoms with Crippen LogP contribution in [0, 0.1) is 5.82 Å². The smallest absolute Gasteiger partial charge is 0.253 e. The van der Waals surface area contributed by atoms with Gasteiger partial charge in [-0.05, 0) is 49.6 Å². The molecule has 1 N–H and O–H groups in total. The molecule has 2 amide bonds. The van der Waals surface area contributed by atoms with Crippen molar-refractivity contribution in [1.82, 2.24) is 10.2 Å². The number of rotatable bonds is 4. The molecule has 0 aromatic heterocycles. The van der Waals surface area contributed by atoms with Crippen LogP contribution >= 0.6 is 0 Å². The van der Waals surface area contributed by atoms with Crippen molar-refractivity contribution in [1.29, 1.82) is 0 Å². The summed E-state index contributed by atoms with van der Waals surface area (Å²) in [6.45, 7) is 3.01. The van der Waals surface area contributed by atoms with Gasteiger partial charge < -0.3 is 10.2 Å². The van der Waals surface area contributed by atoms with Crippen molar-refractivity contribution in [3.05, 3.63) is 71.5 Å². The predicted octanol–water partition coefficient (Wildman–Crippen LogP) is 3.35. The lowest BCUT2D eigenvalue weighted by Gasteiger charge is -2.33. The van der Waals surface area contributed by atoms with Crippen molar-refractivity contribution in [3.8, 4) is 0 Å². The van der Waals surface area contributed by atoms with Gasteiger partial charge in [0, 0.05) is 24.7 Å². The van der Waals surface area contributed by atoms with Crippen molar-refractivity contribution in [2.75, 3.05) is 13.1 Å². The molecule has 3 rings (SSSR count). The highest BCUT2D eigenvalue weighted by Gasteiger charge is 2.26. The summed E-state index contributed by atoms with van der Waals surface area (Å²) in [7, 11) is 0. The van der Waals surface area contributed by atoms with Gasteiger partial charge in [-0.3, -0.25) is 9.59 Å². The molecule has 1 atom stereocenters. The van der Waals surface area contributed by atoms with Gasteiger partial charge in [0.2, 0.25) is 5.91 Å². The highest BCUT2D eigenvalue weighted by molar-refractivity contribution is 5.94. The van der Waals surface area contributed by atoms with Crippen LogP contribution in [0.25, 0.3) is 0 Å². The van der Waals surface area contributed by atoms with Crippen molar-refractivity contribution in [3.63, 3.8) is 0 Å². The summed E-state index contributed by atoms with van der Waals surface area (Å²) >= 11 is 0. The molecule has 1 saturated heterocycles. The van der Waals surface area contributed by atoms with Gasteiger partial charge in [0.25, 0.3) is 5.91 Å². The van der Waals surface area contributed by atoms with Crippen LogP contribution in [-0.4, -0.2) is 35.8 Å².